The summed E-state index contributed by atoms with van der Waals surface area (Å²) >= 11 is 0. The maximum Gasteiger partial charge on any atom is 0.410 e. The Morgan fingerprint density at radius 1 is 1.20 bits per heavy atom. The van der Waals surface area contributed by atoms with Gasteiger partial charge in [0.2, 0.25) is 0 Å². The van der Waals surface area contributed by atoms with Gasteiger partial charge in [0.15, 0.2) is 0 Å². The molecule has 0 aromatic carbocycles. The molecule has 114 valence electrons. The number of carbonyl (C=O) groups is 1. The van der Waals surface area contributed by atoms with E-state index in [0.717, 1.165) is 26.1 Å². The first-order valence-electron chi connectivity index (χ1n) is 8.04. The van der Waals surface area contributed by atoms with Crippen molar-refractivity contribution in [2.24, 2.45) is 0 Å². The van der Waals surface area contributed by atoms with E-state index in [2.05, 4.69) is 19.1 Å². The van der Waals surface area contributed by atoms with E-state index in [1.165, 1.54) is 32.1 Å². The summed E-state index contributed by atoms with van der Waals surface area (Å²) in [5, 5.41) is 0. The van der Waals surface area contributed by atoms with Crippen LogP contribution in [0.25, 0.3) is 0 Å². The number of ether oxygens (including phenoxy) is 2. The third-order valence-corrected chi connectivity index (χ3v) is 4.04. The standard InChI is InChI=1S/C16H27NO3/c1-2-3-11-19-12-7-5-4-6-8-14-9-10-15-13-20-16(18)17(14)15/h9-10,14-15H,2-8,11-13H2,1H3/t14-,15+/m0/s1. The molecule has 2 aliphatic rings. The molecular weight excluding hydrogens is 254 g/mol. The minimum Gasteiger partial charge on any atom is -0.447 e. The average molecular weight is 281 g/mol. The number of hydrogen-bond acceptors (Lipinski definition) is 3. The van der Waals surface area contributed by atoms with E-state index in [1.54, 1.807) is 0 Å². The zero-order valence-corrected chi connectivity index (χ0v) is 12.6. The number of cyclic esters (lactones) is 1. The SMILES string of the molecule is CCCCOCCCCCC[C@H]1C=C[C@@H]2COC(=O)N12. The first-order valence-corrected chi connectivity index (χ1v) is 8.04. The van der Waals surface area contributed by atoms with Crippen LogP contribution in [0.15, 0.2) is 12.2 Å². The summed E-state index contributed by atoms with van der Waals surface area (Å²) in [5.74, 6) is 0. The molecule has 2 heterocycles. The summed E-state index contributed by atoms with van der Waals surface area (Å²) in [4.78, 5) is 13.5. The smallest absolute Gasteiger partial charge is 0.410 e. The molecule has 2 aliphatic heterocycles. The maximum absolute atomic E-state index is 11.6. The van der Waals surface area contributed by atoms with Gasteiger partial charge < -0.3 is 9.47 Å². The highest BCUT2D eigenvalue weighted by molar-refractivity contribution is 5.72. The van der Waals surface area contributed by atoms with E-state index >= 15 is 0 Å². The van der Waals surface area contributed by atoms with Crippen molar-refractivity contribution in [1.29, 1.82) is 0 Å². The minimum atomic E-state index is -0.144. The summed E-state index contributed by atoms with van der Waals surface area (Å²) in [6.07, 6.45) is 12.3. The third-order valence-electron chi connectivity index (χ3n) is 4.04. The number of amides is 1. The predicted octanol–water partition coefficient (Wildman–Crippen LogP) is 3.51. The Balaban J connectivity index is 1.47. The molecule has 0 radical (unpaired) electrons. The molecule has 0 saturated carbocycles. The van der Waals surface area contributed by atoms with Gasteiger partial charge in [0.1, 0.15) is 6.61 Å². The molecule has 0 aromatic rings. The lowest BCUT2D eigenvalue weighted by Gasteiger charge is -2.21. The Kier molecular flexibility index (Phi) is 6.37. The Bertz CT molecular complexity index is 330. The lowest BCUT2D eigenvalue weighted by atomic mass is 10.1. The quantitative estimate of drug-likeness (QED) is 0.454. The van der Waals surface area contributed by atoms with Crippen LogP contribution in [-0.2, 0) is 9.47 Å². The van der Waals surface area contributed by atoms with Gasteiger partial charge in [-0.3, -0.25) is 4.90 Å². The van der Waals surface area contributed by atoms with E-state index < -0.39 is 0 Å². The molecule has 0 aliphatic carbocycles. The van der Waals surface area contributed by atoms with Gasteiger partial charge >= 0.3 is 6.09 Å². The topological polar surface area (TPSA) is 38.8 Å². The summed E-state index contributed by atoms with van der Waals surface area (Å²) in [5.41, 5.74) is 0. The van der Waals surface area contributed by atoms with Crippen LogP contribution in [-0.4, -0.2) is 42.9 Å². The largest absolute Gasteiger partial charge is 0.447 e. The van der Waals surface area contributed by atoms with Crippen molar-refractivity contribution in [3.8, 4) is 0 Å². The minimum absolute atomic E-state index is 0.144. The Hall–Kier alpha value is -1.03. The van der Waals surface area contributed by atoms with Crippen molar-refractivity contribution < 1.29 is 14.3 Å². The predicted molar refractivity (Wildman–Crippen MR) is 78.7 cm³/mol. The van der Waals surface area contributed by atoms with E-state index in [-0.39, 0.29) is 18.2 Å². The van der Waals surface area contributed by atoms with Gasteiger partial charge in [-0.2, -0.15) is 0 Å². The van der Waals surface area contributed by atoms with Crippen LogP contribution in [0, 0.1) is 0 Å². The number of carbonyl (C=O) groups excluding carboxylic acids is 1. The normalized spacial score (nSPS) is 24.2. The molecule has 20 heavy (non-hydrogen) atoms. The van der Waals surface area contributed by atoms with Crippen LogP contribution >= 0.6 is 0 Å². The molecule has 4 heteroatoms. The fraction of sp³-hybridized carbons (Fsp3) is 0.812. The molecule has 1 saturated heterocycles. The molecule has 0 unspecified atom stereocenters. The number of nitrogens with zero attached hydrogens (tertiary/aromatic N) is 1. The fourth-order valence-corrected chi connectivity index (χ4v) is 2.82. The third kappa shape index (κ3) is 4.23. The molecule has 1 fully saturated rings. The van der Waals surface area contributed by atoms with Crippen molar-refractivity contribution in [3.05, 3.63) is 12.2 Å². The molecule has 0 spiro atoms. The zero-order chi connectivity index (χ0) is 14.2. The Labute approximate surface area is 122 Å². The highest BCUT2D eigenvalue weighted by Gasteiger charge is 2.38. The van der Waals surface area contributed by atoms with E-state index in [1.807, 2.05) is 4.90 Å². The molecule has 0 bridgehead atoms. The Morgan fingerprint density at radius 3 is 2.85 bits per heavy atom. The van der Waals surface area contributed by atoms with Gasteiger partial charge in [-0.1, -0.05) is 44.8 Å². The van der Waals surface area contributed by atoms with Crippen molar-refractivity contribution in [2.45, 2.75) is 64.0 Å². The number of rotatable bonds is 10. The monoisotopic (exact) mass is 281 g/mol. The first kappa shape index (κ1) is 15.4. The van der Waals surface area contributed by atoms with Crippen LogP contribution in [0.1, 0.15) is 51.9 Å². The Morgan fingerprint density at radius 2 is 2.00 bits per heavy atom. The number of hydrogen-bond donors (Lipinski definition) is 0. The second-order valence-corrected chi connectivity index (χ2v) is 5.67. The highest BCUT2D eigenvalue weighted by atomic mass is 16.6. The van der Waals surface area contributed by atoms with Crippen molar-refractivity contribution in [3.63, 3.8) is 0 Å². The van der Waals surface area contributed by atoms with Gasteiger partial charge in [0.05, 0.1) is 12.1 Å². The average Bonchev–Trinajstić information content (AvgIpc) is 3.01. The van der Waals surface area contributed by atoms with Crippen LogP contribution in [0.2, 0.25) is 0 Å². The van der Waals surface area contributed by atoms with Crippen LogP contribution in [0.5, 0.6) is 0 Å². The van der Waals surface area contributed by atoms with Crippen molar-refractivity contribution in [1.82, 2.24) is 4.90 Å². The van der Waals surface area contributed by atoms with E-state index in [0.29, 0.717) is 6.61 Å². The lowest BCUT2D eigenvalue weighted by molar-refractivity contribution is 0.127. The fourth-order valence-electron chi connectivity index (χ4n) is 2.82. The molecule has 4 nitrogen and oxygen atoms in total. The zero-order valence-electron chi connectivity index (χ0n) is 12.6. The van der Waals surface area contributed by atoms with Gasteiger partial charge in [0, 0.05) is 13.2 Å². The summed E-state index contributed by atoms with van der Waals surface area (Å²) in [6.45, 7) is 4.51. The molecule has 1 amide bonds. The van der Waals surface area contributed by atoms with Gasteiger partial charge in [-0.05, 0) is 19.3 Å². The summed E-state index contributed by atoms with van der Waals surface area (Å²) < 4.78 is 10.6. The van der Waals surface area contributed by atoms with Crippen LogP contribution < -0.4 is 0 Å². The second-order valence-electron chi connectivity index (χ2n) is 5.67. The lowest BCUT2D eigenvalue weighted by Crippen LogP contribution is -2.35. The molecule has 2 rings (SSSR count). The molecule has 0 aromatic heterocycles. The molecule has 0 N–H and O–H groups in total. The van der Waals surface area contributed by atoms with E-state index in [9.17, 15) is 4.79 Å². The van der Waals surface area contributed by atoms with Crippen molar-refractivity contribution in [2.75, 3.05) is 19.8 Å². The maximum atomic E-state index is 11.6. The van der Waals surface area contributed by atoms with Gasteiger partial charge in [0.25, 0.3) is 0 Å². The highest BCUT2D eigenvalue weighted by Crippen LogP contribution is 2.27. The van der Waals surface area contributed by atoms with Crippen LogP contribution in [0.3, 0.4) is 0 Å². The summed E-state index contributed by atoms with van der Waals surface area (Å²) in [7, 11) is 0. The van der Waals surface area contributed by atoms with Crippen molar-refractivity contribution >= 4 is 6.09 Å². The first-order chi connectivity index (χ1) is 9.83. The van der Waals surface area contributed by atoms with Crippen LogP contribution in [0.4, 0.5) is 4.79 Å². The molecular formula is C16H27NO3. The number of unbranched alkanes of at least 4 members (excludes halogenated alkanes) is 4. The summed E-state index contributed by atoms with van der Waals surface area (Å²) in [6, 6.07) is 0.454. The second kappa shape index (κ2) is 8.30. The number of fused-ring (bicyclic) bond motifs is 1. The van der Waals surface area contributed by atoms with Gasteiger partial charge in [-0.15, -0.1) is 0 Å². The van der Waals surface area contributed by atoms with E-state index in [4.69, 9.17) is 9.47 Å². The van der Waals surface area contributed by atoms with Gasteiger partial charge in [-0.25, -0.2) is 4.79 Å². The molecule has 2 atom stereocenters.